The van der Waals surface area contributed by atoms with Crippen LogP contribution in [0.25, 0.3) is 0 Å². The zero-order chi connectivity index (χ0) is 23.1. The molecule has 0 aliphatic rings. The summed E-state index contributed by atoms with van der Waals surface area (Å²) in [4.78, 5) is 35.6. The lowest BCUT2D eigenvalue weighted by molar-refractivity contribution is -0.119. The van der Waals surface area contributed by atoms with E-state index in [0.29, 0.717) is 29.4 Å². The molecule has 0 bridgehead atoms. The summed E-state index contributed by atoms with van der Waals surface area (Å²) in [5.41, 5.74) is 2.74. The lowest BCUT2D eigenvalue weighted by Crippen LogP contribution is -2.21. The molecule has 1 amide bonds. The Bertz CT molecular complexity index is 1080. The van der Waals surface area contributed by atoms with E-state index in [4.69, 9.17) is 14.0 Å². The highest BCUT2D eigenvalue weighted by Gasteiger charge is 2.13. The Morgan fingerprint density at radius 2 is 1.56 bits per heavy atom. The third-order valence-electron chi connectivity index (χ3n) is 4.58. The molecule has 0 spiro atoms. The van der Waals surface area contributed by atoms with E-state index in [1.54, 1.807) is 36.4 Å². The number of hydrogen-bond acceptors (Lipinski definition) is 8. The standard InChI is InChI=1S/C23H22N2O7/c1-14-20(15(2)32-25-14)12-30-19-10-6-17(7-11-19)23(28)31-13-21(26)24-18-8-4-16(5-9-18)22(27)29-3/h4-11H,12-13H2,1-3H3,(H,24,26). The summed E-state index contributed by atoms with van der Waals surface area (Å²) < 4.78 is 20.4. The van der Waals surface area contributed by atoms with Gasteiger partial charge in [0.1, 0.15) is 18.1 Å². The smallest absolute Gasteiger partial charge is 0.338 e. The van der Waals surface area contributed by atoms with Gasteiger partial charge in [-0.05, 0) is 62.4 Å². The Morgan fingerprint density at radius 3 is 2.16 bits per heavy atom. The molecular weight excluding hydrogens is 416 g/mol. The Morgan fingerprint density at radius 1 is 0.938 bits per heavy atom. The molecule has 166 valence electrons. The number of amides is 1. The van der Waals surface area contributed by atoms with Gasteiger partial charge in [-0.3, -0.25) is 4.79 Å². The molecule has 0 atom stereocenters. The summed E-state index contributed by atoms with van der Waals surface area (Å²) in [5, 5.41) is 6.45. The maximum Gasteiger partial charge on any atom is 0.338 e. The van der Waals surface area contributed by atoms with Crippen LogP contribution in [0.3, 0.4) is 0 Å². The number of hydrogen-bond donors (Lipinski definition) is 1. The molecule has 32 heavy (non-hydrogen) atoms. The monoisotopic (exact) mass is 438 g/mol. The summed E-state index contributed by atoms with van der Waals surface area (Å²) in [6.07, 6.45) is 0. The van der Waals surface area contributed by atoms with Crippen molar-refractivity contribution < 1.29 is 33.1 Å². The van der Waals surface area contributed by atoms with Crippen molar-refractivity contribution in [2.75, 3.05) is 19.0 Å². The number of rotatable bonds is 8. The minimum absolute atomic E-state index is 0.282. The molecule has 1 N–H and O–H groups in total. The summed E-state index contributed by atoms with van der Waals surface area (Å²) in [6, 6.07) is 12.5. The van der Waals surface area contributed by atoms with Gasteiger partial charge in [-0.25, -0.2) is 9.59 Å². The average molecular weight is 438 g/mol. The summed E-state index contributed by atoms with van der Waals surface area (Å²) in [7, 11) is 1.29. The normalized spacial score (nSPS) is 10.3. The van der Waals surface area contributed by atoms with Crippen molar-refractivity contribution in [2.45, 2.75) is 20.5 Å². The first-order chi connectivity index (χ1) is 15.4. The summed E-state index contributed by atoms with van der Waals surface area (Å²) in [5.74, 6) is -0.367. The molecule has 0 fully saturated rings. The maximum absolute atomic E-state index is 12.2. The quantitative estimate of drug-likeness (QED) is 0.532. The number of nitrogens with zero attached hydrogens (tertiary/aromatic N) is 1. The van der Waals surface area contributed by atoms with Gasteiger partial charge in [-0.1, -0.05) is 5.16 Å². The number of esters is 2. The summed E-state index contributed by atoms with van der Waals surface area (Å²) in [6.45, 7) is 3.49. The molecule has 3 rings (SSSR count). The summed E-state index contributed by atoms with van der Waals surface area (Å²) >= 11 is 0. The third-order valence-corrected chi connectivity index (χ3v) is 4.58. The van der Waals surface area contributed by atoms with Crippen LogP contribution < -0.4 is 10.1 Å². The SMILES string of the molecule is COC(=O)c1ccc(NC(=O)COC(=O)c2ccc(OCc3c(C)noc3C)cc2)cc1. The van der Waals surface area contributed by atoms with E-state index in [1.807, 2.05) is 13.8 Å². The van der Waals surface area contributed by atoms with E-state index >= 15 is 0 Å². The first kappa shape index (κ1) is 22.5. The van der Waals surface area contributed by atoms with Gasteiger partial charge in [-0.15, -0.1) is 0 Å². The first-order valence-corrected chi connectivity index (χ1v) is 9.67. The van der Waals surface area contributed by atoms with Gasteiger partial charge in [0, 0.05) is 5.69 Å². The molecule has 1 aromatic heterocycles. The Kier molecular flexibility index (Phi) is 7.22. The predicted octanol–water partition coefficient (Wildman–Crippen LogP) is 3.45. The van der Waals surface area contributed by atoms with Crippen molar-refractivity contribution in [1.82, 2.24) is 5.16 Å². The second-order valence-electron chi connectivity index (χ2n) is 6.81. The highest BCUT2D eigenvalue weighted by molar-refractivity contribution is 5.96. The number of aromatic nitrogens is 1. The predicted molar refractivity (Wildman–Crippen MR) is 113 cm³/mol. The van der Waals surface area contributed by atoms with Crippen molar-refractivity contribution in [3.63, 3.8) is 0 Å². The Balaban J connectivity index is 1.47. The minimum atomic E-state index is -0.640. The number of anilines is 1. The maximum atomic E-state index is 12.2. The lowest BCUT2D eigenvalue weighted by atomic mass is 10.2. The van der Waals surface area contributed by atoms with Crippen molar-refractivity contribution >= 4 is 23.5 Å². The number of aryl methyl sites for hydroxylation is 2. The topological polar surface area (TPSA) is 117 Å². The number of carbonyl (C=O) groups excluding carboxylic acids is 3. The highest BCUT2D eigenvalue weighted by atomic mass is 16.5. The van der Waals surface area contributed by atoms with Gasteiger partial charge in [0.25, 0.3) is 5.91 Å². The van der Waals surface area contributed by atoms with Crippen LogP contribution >= 0.6 is 0 Å². The molecule has 0 saturated heterocycles. The largest absolute Gasteiger partial charge is 0.489 e. The van der Waals surface area contributed by atoms with Crippen LogP contribution in [-0.4, -0.2) is 36.7 Å². The van der Waals surface area contributed by atoms with Gasteiger partial charge in [0.05, 0.1) is 29.5 Å². The fraction of sp³-hybridized carbons (Fsp3) is 0.217. The Labute approximate surface area is 184 Å². The van der Waals surface area contributed by atoms with Crippen LogP contribution in [-0.2, 0) is 20.9 Å². The molecule has 2 aromatic carbocycles. The van der Waals surface area contributed by atoms with E-state index in [0.717, 1.165) is 11.3 Å². The van der Waals surface area contributed by atoms with Gasteiger partial charge in [0.2, 0.25) is 0 Å². The van der Waals surface area contributed by atoms with Gasteiger partial charge in [-0.2, -0.15) is 0 Å². The van der Waals surface area contributed by atoms with Crippen molar-refractivity contribution in [3.05, 3.63) is 76.7 Å². The molecule has 0 aliphatic heterocycles. The molecule has 0 aliphatic carbocycles. The molecule has 9 heteroatoms. The van der Waals surface area contributed by atoms with Crippen molar-refractivity contribution in [3.8, 4) is 5.75 Å². The lowest BCUT2D eigenvalue weighted by Gasteiger charge is -2.08. The zero-order valence-electron chi connectivity index (χ0n) is 17.8. The second-order valence-corrected chi connectivity index (χ2v) is 6.81. The van der Waals surface area contributed by atoms with Crippen molar-refractivity contribution in [2.24, 2.45) is 0 Å². The number of methoxy groups -OCH3 is 1. The zero-order valence-corrected chi connectivity index (χ0v) is 17.8. The number of benzene rings is 2. The Hall–Kier alpha value is -4.14. The van der Waals surface area contributed by atoms with E-state index in [9.17, 15) is 14.4 Å². The van der Waals surface area contributed by atoms with E-state index < -0.39 is 24.5 Å². The number of nitrogens with one attached hydrogen (secondary N) is 1. The molecule has 9 nitrogen and oxygen atoms in total. The second kappa shape index (κ2) is 10.3. The van der Waals surface area contributed by atoms with Crippen LogP contribution in [0.1, 0.15) is 37.7 Å². The molecular formula is C23H22N2O7. The average Bonchev–Trinajstić information content (AvgIpc) is 3.13. The van der Waals surface area contributed by atoms with E-state index in [1.165, 1.54) is 19.2 Å². The first-order valence-electron chi connectivity index (χ1n) is 9.67. The molecule has 0 unspecified atom stereocenters. The van der Waals surface area contributed by atoms with Crippen LogP contribution in [0, 0.1) is 13.8 Å². The minimum Gasteiger partial charge on any atom is -0.489 e. The van der Waals surface area contributed by atoms with Crippen LogP contribution in [0.15, 0.2) is 53.1 Å². The van der Waals surface area contributed by atoms with E-state index in [2.05, 4.69) is 15.2 Å². The van der Waals surface area contributed by atoms with Gasteiger partial charge >= 0.3 is 11.9 Å². The van der Waals surface area contributed by atoms with E-state index in [-0.39, 0.29) is 5.56 Å². The van der Waals surface area contributed by atoms with Crippen LogP contribution in [0.4, 0.5) is 5.69 Å². The van der Waals surface area contributed by atoms with Gasteiger partial charge < -0.3 is 24.1 Å². The van der Waals surface area contributed by atoms with Crippen molar-refractivity contribution in [1.29, 1.82) is 0 Å². The number of ether oxygens (including phenoxy) is 3. The molecule has 0 saturated carbocycles. The molecule has 3 aromatic rings. The fourth-order valence-electron chi connectivity index (χ4n) is 2.77. The van der Waals surface area contributed by atoms with Crippen LogP contribution in [0.5, 0.6) is 5.75 Å². The number of carbonyl (C=O) groups is 3. The van der Waals surface area contributed by atoms with Crippen LogP contribution in [0.2, 0.25) is 0 Å². The van der Waals surface area contributed by atoms with Gasteiger partial charge in [0.15, 0.2) is 6.61 Å². The highest BCUT2D eigenvalue weighted by Crippen LogP contribution is 2.18. The fourth-order valence-corrected chi connectivity index (χ4v) is 2.77. The molecule has 1 heterocycles. The molecule has 0 radical (unpaired) electrons. The third kappa shape index (κ3) is 5.72.